The quantitative estimate of drug-likeness (QED) is 0.614. The third-order valence-corrected chi connectivity index (χ3v) is 5.66. The van der Waals surface area contributed by atoms with Crippen molar-refractivity contribution in [2.24, 2.45) is 0 Å². The Hall–Kier alpha value is -3.60. The van der Waals surface area contributed by atoms with E-state index in [2.05, 4.69) is 5.32 Å². The van der Waals surface area contributed by atoms with Crippen LogP contribution in [0, 0.1) is 6.92 Å². The summed E-state index contributed by atoms with van der Waals surface area (Å²) in [5.41, 5.74) is 2.79. The van der Waals surface area contributed by atoms with Gasteiger partial charge in [-0.1, -0.05) is 66.7 Å². The van der Waals surface area contributed by atoms with Gasteiger partial charge in [0.05, 0.1) is 11.7 Å². The van der Waals surface area contributed by atoms with Crippen LogP contribution in [-0.2, 0) is 9.59 Å². The second kappa shape index (κ2) is 8.87. The summed E-state index contributed by atoms with van der Waals surface area (Å²) in [6.07, 6.45) is 0.186. The molecule has 0 spiro atoms. The second-order valence-electron chi connectivity index (χ2n) is 8.61. The van der Waals surface area contributed by atoms with Crippen LogP contribution in [0.4, 0.5) is 5.69 Å². The minimum Gasteiger partial charge on any atom is -0.476 e. The zero-order chi connectivity index (χ0) is 22.7. The first-order valence-corrected chi connectivity index (χ1v) is 10.9. The molecule has 32 heavy (non-hydrogen) atoms. The number of carbonyl (C=O) groups excluding carboxylic acids is 2. The van der Waals surface area contributed by atoms with Gasteiger partial charge in [-0.25, -0.2) is 0 Å². The van der Waals surface area contributed by atoms with Crippen LogP contribution < -0.4 is 15.0 Å². The number of nitrogens with one attached hydrogen (secondary N) is 1. The molecule has 5 nitrogen and oxygen atoms in total. The summed E-state index contributed by atoms with van der Waals surface area (Å²) in [7, 11) is 0. The number of ether oxygens (including phenoxy) is 1. The first-order valence-electron chi connectivity index (χ1n) is 10.9. The van der Waals surface area contributed by atoms with Crippen LogP contribution in [-0.4, -0.2) is 24.0 Å². The van der Waals surface area contributed by atoms with Gasteiger partial charge in [0, 0.05) is 13.0 Å². The van der Waals surface area contributed by atoms with Crippen molar-refractivity contribution in [2.45, 2.75) is 38.8 Å². The van der Waals surface area contributed by atoms with E-state index in [1.807, 2.05) is 85.8 Å². The fourth-order valence-corrected chi connectivity index (χ4v) is 4.00. The van der Waals surface area contributed by atoms with Gasteiger partial charge in [0.25, 0.3) is 5.91 Å². The highest BCUT2D eigenvalue weighted by molar-refractivity contribution is 6.02. The number of carbonyl (C=O) groups is 2. The van der Waals surface area contributed by atoms with Crippen molar-refractivity contribution in [3.05, 3.63) is 95.6 Å². The summed E-state index contributed by atoms with van der Waals surface area (Å²) in [6.45, 7) is 5.77. The van der Waals surface area contributed by atoms with Gasteiger partial charge in [-0.2, -0.15) is 0 Å². The van der Waals surface area contributed by atoms with Crippen LogP contribution >= 0.6 is 0 Å². The summed E-state index contributed by atoms with van der Waals surface area (Å²) >= 11 is 0. The van der Waals surface area contributed by atoms with E-state index in [4.69, 9.17) is 4.74 Å². The Kier molecular flexibility index (Phi) is 5.99. The molecule has 2 amide bonds. The lowest BCUT2D eigenvalue weighted by atomic mass is 9.98. The number of nitrogens with zero attached hydrogens (tertiary/aromatic N) is 1. The van der Waals surface area contributed by atoms with Crippen molar-refractivity contribution in [2.75, 3.05) is 11.4 Å². The van der Waals surface area contributed by atoms with Crippen molar-refractivity contribution < 1.29 is 14.3 Å². The average molecular weight is 429 g/mol. The zero-order valence-electron chi connectivity index (χ0n) is 18.7. The number of hydrogen-bond donors (Lipinski definition) is 1. The lowest BCUT2D eigenvalue weighted by Crippen LogP contribution is -2.53. The van der Waals surface area contributed by atoms with Crippen molar-refractivity contribution in [1.82, 2.24) is 5.32 Å². The van der Waals surface area contributed by atoms with Gasteiger partial charge in [0.1, 0.15) is 5.75 Å². The van der Waals surface area contributed by atoms with Gasteiger partial charge in [0.2, 0.25) is 5.91 Å². The van der Waals surface area contributed by atoms with Gasteiger partial charge in [-0.3, -0.25) is 9.59 Å². The number of rotatable bonds is 6. The monoisotopic (exact) mass is 428 g/mol. The van der Waals surface area contributed by atoms with Crippen LogP contribution in [0.1, 0.15) is 43.0 Å². The molecule has 1 aliphatic heterocycles. The Labute approximate surface area is 189 Å². The van der Waals surface area contributed by atoms with Crippen molar-refractivity contribution in [3.8, 4) is 5.75 Å². The van der Waals surface area contributed by atoms with Crippen LogP contribution in [0.5, 0.6) is 5.75 Å². The van der Waals surface area contributed by atoms with Gasteiger partial charge in [-0.15, -0.1) is 0 Å². The first-order chi connectivity index (χ1) is 15.3. The fourth-order valence-electron chi connectivity index (χ4n) is 4.00. The molecule has 0 fully saturated rings. The average Bonchev–Trinajstić information content (AvgIpc) is 2.79. The van der Waals surface area contributed by atoms with Crippen LogP contribution in [0.3, 0.4) is 0 Å². The predicted octanol–water partition coefficient (Wildman–Crippen LogP) is 4.79. The number of amides is 2. The Morgan fingerprint density at radius 2 is 1.56 bits per heavy atom. The number of fused-ring (bicyclic) bond motifs is 1. The first kappa shape index (κ1) is 21.6. The maximum Gasteiger partial charge on any atom is 0.270 e. The maximum atomic E-state index is 13.1. The normalized spacial score (nSPS) is 14.6. The molecule has 0 aliphatic carbocycles. The lowest BCUT2D eigenvalue weighted by molar-refractivity contribution is -0.132. The minimum atomic E-state index is -0.977. The molecule has 0 bridgehead atoms. The molecule has 164 valence electrons. The molecular formula is C27H28N2O3. The molecule has 5 heteroatoms. The zero-order valence-corrected chi connectivity index (χ0v) is 18.7. The van der Waals surface area contributed by atoms with Crippen molar-refractivity contribution in [3.63, 3.8) is 0 Å². The summed E-state index contributed by atoms with van der Waals surface area (Å²) < 4.78 is 5.91. The van der Waals surface area contributed by atoms with E-state index in [1.165, 1.54) is 0 Å². The molecule has 0 aromatic heterocycles. The molecule has 0 saturated carbocycles. The van der Waals surface area contributed by atoms with E-state index < -0.39 is 5.60 Å². The van der Waals surface area contributed by atoms with Crippen LogP contribution in [0.15, 0.2) is 78.9 Å². The highest BCUT2D eigenvalue weighted by atomic mass is 16.5. The van der Waals surface area contributed by atoms with E-state index in [-0.39, 0.29) is 30.8 Å². The van der Waals surface area contributed by atoms with Crippen LogP contribution in [0.2, 0.25) is 0 Å². The molecule has 3 aromatic rings. The topological polar surface area (TPSA) is 58.6 Å². The smallest absolute Gasteiger partial charge is 0.270 e. The molecular weight excluding hydrogens is 400 g/mol. The highest BCUT2D eigenvalue weighted by Gasteiger charge is 2.40. The highest BCUT2D eigenvalue weighted by Crippen LogP contribution is 2.38. The Balaban J connectivity index is 1.53. The molecule has 0 saturated heterocycles. The van der Waals surface area contributed by atoms with E-state index in [1.54, 1.807) is 18.7 Å². The van der Waals surface area contributed by atoms with E-state index >= 15 is 0 Å². The van der Waals surface area contributed by atoms with Gasteiger partial charge in [-0.05, 0) is 49.6 Å². The van der Waals surface area contributed by atoms with E-state index in [0.717, 1.165) is 16.7 Å². The van der Waals surface area contributed by atoms with E-state index in [0.29, 0.717) is 11.4 Å². The molecule has 1 heterocycles. The lowest BCUT2D eigenvalue weighted by Gasteiger charge is -2.39. The van der Waals surface area contributed by atoms with Gasteiger partial charge in [0.15, 0.2) is 5.60 Å². The SMILES string of the molecule is Cc1ccc2c(c1)N(CCC(=O)NC(c1ccccc1)c1ccccc1)C(=O)C(C)(C)O2. The third kappa shape index (κ3) is 4.52. The van der Waals surface area contributed by atoms with Crippen molar-refractivity contribution in [1.29, 1.82) is 0 Å². The fraction of sp³-hybridized carbons (Fsp3) is 0.259. The molecule has 1 aliphatic rings. The second-order valence-corrected chi connectivity index (χ2v) is 8.61. The summed E-state index contributed by atoms with van der Waals surface area (Å²) in [4.78, 5) is 27.7. The molecule has 1 N–H and O–H groups in total. The standard InChI is InChI=1S/C27H28N2O3/c1-19-14-15-23-22(18-19)29(26(31)27(2,3)32-23)17-16-24(30)28-25(20-10-6-4-7-11-20)21-12-8-5-9-13-21/h4-15,18,25H,16-17H2,1-3H3,(H,28,30). The molecule has 0 atom stereocenters. The molecule has 4 rings (SSSR count). The Morgan fingerprint density at radius 3 is 2.16 bits per heavy atom. The largest absolute Gasteiger partial charge is 0.476 e. The van der Waals surface area contributed by atoms with Crippen LogP contribution in [0.25, 0.3) is 0 Å². The summed E-state index contributed by atoms with van der Waals surface area (Å²) in [6, 6.07) is 25.3. The third-order valence-electron chi connectivity index (χ3n) is 5.66. The maximum absolute atomic E-state index is 13.1. The van der Waals surface area contributed by atoms with Gasteiger partial charge < -0.3 is 15.0 Å². The number of benzene rings is 3. The molecule has 0 unspecified atom stereocenters. The molecule has 0 radical (unpaired) electrons. The van der Waals surface area contributed by atoms with E-state index in [9.17, 15) is 9.59 Å². The number of anilines is 1. The minimum absolute atomic E-state index is 0.117. The summed E-state index contributed by atoms with van der Waals surface area (Å²) in [5.74, 6) is 0.395. The van der Waals surface area contributed by atoms with Gasteiger partial charge >= 0.3 is 0 Å². The molecule has 3 aromatic carbocycles. The van der Waals surface area contributed by atoms with Crippen molar-refractivity contribution >= 4 is 17.5 Å². The summed E-state index contributed by atoms with van der Waals surface area (Å²) in [5, 5.41) is 3.15. The number of hydrogen-bond acceptors (Lipinski definition) is 3. The Morgan fingerprint density at radius 1 is 0.969 bits per heavy atom. The predicted molar refractivity (Wildman–Crippen MR) is 126 cm³/mol. The Bertz CT molecular complexity index is 1070. The number of aryl methyl sites for hydroxylation is 1.